The van der Waals surface area contributed by atoms with E-state index in [1.165, 1.54) is 4.90 Å². The Labute approximate surface area is 123 Å². The van der Waals surface area contributed by atoms with Crippen LogP contribution in [0.15, 0.2) is 47.4 Å². The van der Waals surface area contributed by atoms with E-state index in [0.29, 0.717) is 4.99 Å². The highest BCUT2D eigenvalue weighted by atomic mass is 32.2. The van der Waals surface area contributed by atoms with Crippen LogP contribution in [0.5, 0.6) is 11.5 Å². The Balaban J connectivity index is 2.34. The van der Waals surface area contributed by atoms with E-state index in [1.807, 2.05) is 55.6 Å². The molecular weight excluding hydrogens is 274 g/mol. The number of hydrogen-bond acceptors (Lipinski definition) is 3. The summed E-state index contributed by atoms with van der Waals surface area (Å²) in [5.74, 6) is 1.51. The first-order valence-corrected chi connectivity index (χ1v) is 7.46. The van der Waals surface area contributed by atoms with Gasteiger partial charge in [0.1, 0.15) is 16.5 Å². The largest absolute Gasteiger partial charge is 0.456 e. The summed E-state index contributed by atoms with van der Waals surface area (Å²) in [7, 11) is 0. The van der Waals surface area contributed by atoms with Gasteiger partial charge in [-0.3, -0.25) is 0 Å². The summed E-state index contributed by atoms with van der Waals surface area (Å²) in [6.07, 6.45) is 2.04. The maximum Gasteiger partial charge on any atom is 0.140 e. The molecule has 19 heavy (non-hydrogen) atoms. The third kappa shape index (κ3) is 3.28. The number of thiocarbonyl (C=S) groups is 1. The van der Waals surface area contributed by atoms with Crippen LogP contribution >= 0.6 is 24.0 Å². The van der Waals surface area contributed by atoms with E-state index < -0.39 is 0 Å². The summed E-state index contributed by atoms with van der Waals surface area (Å²) >= 11 is 6.76. The molecule has 0 saturated carbocycles. The van der Waals surface area contributed by atoms with E-state index in [9.17, 15) is 0 Å². The van der Waals surface area contributed by atoms with E-state index in [1.54, 1.807) is 11.8 Å². The highest BCUT2D eigenvalue weighted by Gasteiger charge is 2.10. The SMILES string of the molecule is CSc1ccc(Oc2c(C)cccc2C(N)=S)cc1. The quantitative estimate of drug-likeness (QED) is 0.677. The Hall–Kier alpha value is -1.52. The van der Waals surface area contributed by atoms with Crippen molar-refractivity contribution in [1.82, 2.24) is 0 Å². The van der Waals surface area contributed by atoms with Crippen molar-refractivity contribution < 1.29 is 4.74 Å². The average Bonchev–Trinajstić information content (AvgIpc) is 2.41. The molecule has 0 aliphatic heterocycles. The first-order valence-electron chi connectivity index (χ1n) is 5.83. The van der Waals surface area contributed by atoms with E-state index in [2.05, 4.69) is 0 Å². The zero-order chi connectivity index (χ0) is 13.8. The maximum atomic E-state index is 5.92. The first-order chi connectivity index (χ1) is 9.11. The van der Waals surface area contributed by atoms with Crippen molar-refractivity contribution in [2.24, 2.45) is 5.73 Å². The molecule has 0 unspecified atom stereocenters. The molecule has 0 radical (unpaired) electrons. The molecule has 2 aromatic carbocycles. The lowest BCUT2D eigenvalue weighted by Crippen LogP contribution is -2.11. The minimum Gasteiger partial charge on any atom is -0.456 e. The summed E-state index contributed by atoms with van der Waals surface area (Å²) in [6, 6.07) is 13.7. The lowest BCUT2D eigenvalue weighted by atomic mass is 10.1. The lowest BCUT2D eigenvalue weighted by molar-refractivity contribution is 0.477. The summed E-state index contributed by atoms with van der Waals surface area (Å²) in [5, 5.41) is 0. The number of aryl methyl sites for hydroxylation is 1. The molecule has 0 fully saturated rings. The molecule has 2 rings (SSSR count). The lowest BCUT2D eigenvalue weighted by Gasteiger charge is -2.13. The van der Waals surface area contributed by atoms with Crippen LogP contribution in [-0.2, 0) is 0 Å². The van der Waals surface area contributed by atoms with Gasteiger partial charge in [-0.1, -0.05) is 24.4 Å². The molecule has 2 aromatic rings. The monoisotopic (exact) mass is 289 g/mol. The summed E-state index contributed by atoms with van der Waals surface area (Å²) in [4.78, 5) is 1.55. The van der Waals surface area contributed by atoms with Crippen molar-refractivity contribution in [3.63, 3.8) is 0 Å². The van der Waals surface area contributed by atoms with Crippen LogP contribution in [0.1, 0.15) is 11.1 Å². The minimum absolute atomic E-state index is 0.347. The Morgan fingerprint density at radius 1 is 1.16 bits per heavy atom. The second kappa shape index (κ2) is 6.08. The van der Waals surface area contributed by atoms with E-state index in [-0.39, 0.29) is 0 Å². The van der Waals surface area contributed by atoms with Crippen LogP contribution < -0.4 is 10.5 Å². The summed E-state index contributed by atoms with van der Waals surface area (Å²) < 4.78 is 5.92. The molecule has 0 spiro atoms. The van der Waals surface area contributed by atoms with Crippen molar-refractivity contribution in [2.45, 2.75) is 11.8 Å². The number of ether oxygens (including phenoxy) is 1. The van der Waals surface area contributed by atoms with Gasteiger partial charge in [-0.15, -0.1) is 11.8 Å². The molecule has 0 aliphatic carbocycles. The second-order valence-corrected chi connectivity index (χ2v) is 5.41. The maximum absolute atomic E-state index is 5.92. The van der Waals surface area contributed by atoms with Gasteiger partial charge in [-0.2, -0.15) is 0 Å². The highest BCUT2D eigenvalue weighted by Crippen LogP contribution is 2.30. The fourth-order valence-corrected chi connectivity index (χ4v) is 2.31. The van der Waals surface area contributed by atoms with Gasteiger partial charge in [0.15, 0.2) is 0 Å². The molecule has 4 heteroatoms. The fourth-order valence-electron chi connectivity index (χ4n) is 1.74. The molecule has 0 atom stereocenters. The standard InChI is InChI=1S/C15H15NOS2/c1-10-4-3-5-13(15(16)18)14(10)17-11-6-8-12(19-2)9-7-11/h3-9H,1-2H3,(H2,16,18). The van der Waals surface area contributed by atoms with Crippen LogP contribution in [0.2, 0.25) is 0 Å². The number of hydrogen-bond donors (Lipinski definition) is 1. The van der Waals surface area contributed by atoms with Crippen LogP contribution in [0.4, 0.5) is 0 Å². The second-order valence-electron chi connectivity index (χ2n) is 4.09. The predicted molar refractivity (Wildman–Crippen MR) is 85.4 cm³/mol. The molecule has 0 saturated heterocycles. The first kappa shape index (κ1) is 13.9. The Morgan fingerprint density at radius 3 is 2.42 bits per heavy atom. The van der Waals surface area contributed by atoms with Crippen molar-refractivity contribution in [1.29, 1.82) is 0 Å². The molecular formula is C15H15NOS2. The topological polar surface area (TPSA) is 35.2 Å². The van der Waals surface area contributed by atoms with Crippen LogP contribution in [0.25, 0.3) is 0 Å². The van der Waals surface area contributed by atoms with Gasteiger partial charge < -0.3 is 10.5 Å². The molecule has 2 N–H and O–H groups in total. The number of benzene rings is 2. The zero-order valence-electron chi connectivity index (χ0n) is 10.8. The zero-order valence-corrected chi connectivity index (χ0v) is 12.5. The fraction of sp³-hybridized carbons (Fsp3) is 0.133. The number of nitrogens with two attached hydrogens (primary N) is 1. The summed E-state index contributed by atoms with van der Waals surface area (Å²) in [6.45, 7) is 1.98. The Bertz CT molecular complexity index is 594. The van der Waals surface area contributed by atoms with Crippen LogP contribution in [0.3, 0.4) is 0 Å². The van der Waals surface area contributed by atoms with Gasteiger partial charge >= 0.3 is 0 Å². The van der Waals surface area contributed by atoms with Gasteiger partial charge in [0, 0.05) is 4.90 Å². The average molecular weight is 289 g/mol. The molecule has 0 heterocycles. The third-order valence-electron chi connectivity index (χ3n) is 2.76. The molecule has 0 aromatic heterocycles. The van der Waals surface area contributed by atoms with E-state index in [0.717, 1.165) is 22.6 Å². The van der Waals surface area contributed by atoms with E-state index >= 15 is 0 Å². The number of rotatable bonds is 4. The number of para-hydroxylation sites is 1. The van der Waals surface area contributed by atoms with Crippen molar-refractivity contribution in [2.75, 3.05) is 6.26 Å². The molecule has 0 aliphatic rings. The molecule has 0 bridgehead atoms. The van der Waals surface area contributed by atoms with Gasteiger partial charge in [-0.05, 0) is 49.1 Å². The van der Waals surface area contributed by atoms with Crippen molar-refractivity contribution in [3.05, 3.63) is 53.6 Å². The predicted octanol–water partition coefficient (Wildman–Crippen LogP) is 4.14. The Kier molecular flexibility index (Phi) is 4.45. The smallest absolute Gasteiger partial charge is 0.140 e. The van der Waals surface area contributed by atoms with Gasteiger partial charge in [0.05, 0.1) is 5.56 Å². The minimum atomic E-state index is 0.347. The van der Waals surface area contributed by atoms with Crippen molar-refractivity contribution >= 4 is 29.0 Å². The number of thioether (sulfide) groups is 1. The molecule has 98 valence electrons. The molecule has 2 nitrogen and oxygen atoms in total. The third-order valence-corrected chi connectivity index (χ3v) is 3.72. The van der Waals surface area contributed by atoms with Gasteiger partial charge in [0.25, 0.3) is 0 Å². The van der Waals surface area contributed by atoms with Crippen molar-refractivity contribution in [3.8, 4) is 11.5 Å². The summed E-state index contributed by atoms with van der Waals surface area (Å²) in [5.41, 5.74) is 7.51. The van der Waals surface area contributed by atoms with Gasteiger partial charge in [-0.25, -0.2) is 0 Å². The molecule has 0 amide bonds. The van der Waals surface area contributed by atoms with Gasteiger partial charge in [0.2, 0.25) is 0 Å². The van der Waals surface area contributed by atoms with E-state index in [4.69, 9.17) is 22.7 Å². The van der Waals surface area contributed by atoms with Crippen LogP contribution in [0, 0.1) is 6.92 Å². The Morgan fingerprint density at radius 2 is 1.84 bits per heavy atom. The normalized spacial score (nSPS) is 10.2. The highest BCUT2D eigenvalue weighted by molar-refractivity contribution is 7.98. The van der Waals surface area contributed by atoms with Crippen LogP contribution in [-0.4, -0.2) is 11.2 Å².